The van der Waals surface area contributed by atoms with E-state index in [-0.39, 0.29) is 0 Å². The van der Waals surface area contributed by atoms with Gasteiger partial charge in [-0.25, -0.2) is 4.98 Å². The Morgan fingerprint density at radius 2 is 1.76 bits per heavy atom. The number of nitrogens with two attached hydrogens (primary N) is 1. The summed E-state index contributed by atoms with van der Waals surface area (Å²) in [5.74, 6) is 0.935. The minimum absolute atomic E-state index is 0.378. The molecule has 0 saturated carbocycles. The molecule has 2 aromatic carbocycles. The molecule has 0 saturated heterocycles. The molecular formula is C13H10N4. The van der Waals surface area contributed by atoms with Gasteiger partial charge in [0.15, 0.2) is 5.82 Å². The van der Waals surface area contributed by atoms with E-state index in [0.29, 0.717) is 11.6 Å². The highest BCUT2D eigenvalue weighted by Crippen LogP contribution is 2.25. The third-order valence-electron chi connectivity index (χ3n) is 2.61. The lowest BCUT2D eigenvalue weighted by molar-refractivity contribution is 0.988. The summed E-state index contributed by atoms with van der Waals surface area (Å²) in [4.78, 5) is 4.20. The fourth-order valence-electron chi connectivity index (χ4n) is 1.85. The van der Waals surface area contributed by atoms with Crippen LogP contribution in [0.2, 0.25) is 0 Å². The quantitative estimate of drug-likeness (QED) is 0.686. The van der Waals surface area contributed by atoms with Crippen molar-refractivity contribution in [3.05, 3.63) is 48.7 Å². The van der Waals surface area contributed by atoms with Crippen LogP contribution in [0.5, 0.6) is 0 Å². The second-order valence-electron chi connectivity index (χ2n) is 3.73. The molecule has 0 bridgehead atoms. The second kappa shape index (κ2) is 3.83. The Balaban J connectivity index is 2.30. The molecule has 4 heteroatoms. The number of fused-ring (bicyclic) bond motifs is 1. The Bertz CT molecular complexity index is 674. The summed E-state index contributed by atoms with van der Waals surface area (Å²) in [5, 5.41) is 10.1. The lowest BCUT2D eigenvalue weighted by Crippen LogP contribution is -1.97. The van der Waals surface area contributed by atoms with Crippen molar-refractivity contribution in [2.45, 2.75) is 0 Å². The van der Waals surface area contributed by atoms with Crippen LogP contribution in [0, 0.1) is 0 Å². The van der Waals surface area contributed by atoms with E-state index in [9.17, 15) is 0 Å². The number of benzene rings is 2. The lowest BCUT2D eigenvalue weighted by atomic mass is 10.0. The molecule has 3 rings (SSSR count). The van der Waals surface area contributed by atoms with Gasteiger partial charge in [0, 0.05) is 5.56 Å². The Morgan fingerprint density at radius 3 is 2.65 bits per heavy atom. The molecule has 3 aromatic rings. The molecule has 0 unspecified atom stereocenters. The first-order valence-corrected chi connectivity index (χ1v) is 5.28. The van der Waals surface area contributed by atoms with Crippen LogP contribution < -0.4 is 5.73 Å². The summed E-state index contributed by atoms with van der Waals surface area (Å²) in [6, 6.07) is 14.1. The van der Waals surface area contributed by atoms with Crippen LogP contribution in [0.25, 0.3) is 22.2 Å². The van der Waals surface area contributed by atoms with Crippen LogP contribution >= 0.6 is 0 Å². The van der Waals surface area contributed by atoms with E-state index in [0.717, 1.165) is 16.3 Å². The number of hydrogen-bond donors (Lipinski definition) is 1. The Kier molecular flexibility index (Phi) is 2.19. The number of hydrogen-bond acceptors (Lipinski definition) is 4. The van der Waals surface area contributed by atoms with Gasteiger partial charge >= 0.3 is 0 Å². The smallest absolute Gasteiger partial charge is 0.184 e. The molecule has 0 aliphatic carbocycles. The number of rotatable bonds is 1. The number of aromatic nitrogens is 3. The zero-order chi connectivity index (χ0) is 11.7. The lowest BCUT2D eigenvalue weighted by Gasteiger charge is -2.04. The van der Waals surface area contributed by atoms with Gasteiger partial charge in [0.2, 0.25) is 0 Å². The van der Waals surface area contributed by atoms with Crippen molar-refractivity contribution in [2.75, 3.05) is 5.73 Å². The second-order valence-corrected chi connectivity index (χ2v) is 3.73. The third-order valence-corrected chi connectivity index (χ3v) is 2.61. The maximum Gasteiger partial charge on any atom is 0.184 e. The van der Waals surface area contributed by atoms with Crippen LogP contribution in [0.1, 0.15) is 0 Å². The molecule has 1 heterocycles. The van der Waals surface area contributed by atoms with Gasteiger partial charge in [-0.05, 0) is 10.8 Å². The van der Waals surface area contributed by atoms with Crippen molar-refractivity contribution in [3.8, 4) is 11.4 Å². The highest BCUT2D eigenvalue weighted by molar-refractivity contribution is 5.94. The average molecular weight is 222 g/mol. The molecule has 0 spiro atoms. The van der Waals surface area contributed by atoms with Crippen molar-refractivity contribution in [1.82, 2.24) is 15.2 Å². The minimum atomic E-state index is 0.378. The summed E-state index contributed by atoms with van der Waals surface area (Å²) in [7, 11) is 0. The first-order valence-electron chi connectivity index (χ1n) is 5.28. The third kappa shape index (κ3) is 1.69. The van der Waals surface area contributed by atoms with Crippen molar-refractivity contribution >= 4 is 16.6 Å². The van der Waals surface area contributed by atoms with Gasteiger partial charge in [0.05, 0.1) is 6.20 Å². The summed E-state index contributed by atoms with van der Waals surface area (Å²) >= 11 is 0. The zero-order valence-corrected chi connectivity index (χ0v) is 9.04. The van der Waals surface area contributed by atoms with Gasteiger partial charge in [0.25, 0.3) is 0 Å². The van der Waals surface area contributed by atoms with Crippen molar-refractivity contribution in [2.24, 2.45) is 0 Å². The van der Waals surface area contributed by atoms with E-state index < -0.39 is 0 Å². The zero-order valence-electron chi connectivity index (χ0n) is 9.04. The SMILES string of the molecule is Nc1cnnc(-c2cccc3ccccc23)n1. The predicted molar refractivity (Wildman–Crippen MR) is 67.2 cm³/mol. The van der Waals surface area contributed by atoms with Gasteiger partial charge in [-0.15, -0.1) is 5.10 Å². The van der Waals surface area contributed by atoms with Gasteiger partial charge in [-0.3, -0.25) is 0 Å². The Labute approximate surface area is 98.1 Å². The Hall–Kier alpha value is -2.49. The fourth-order valence-corrected chi connectivity index (χ4v) is 1.85. The van der Waals surface area contributed by atoms with E-state index in [1.54, 1.807) is 0 Å². The molecule has 0 radical (unpaired) electrons. The molecule has 0 atom stereocenters. The average Bonchev–Trinajstić information content (AvgIpc) is 2.38. The van der Waals surface area contributed by atoms with Gasteiger partial charge < -0.3 is 5.73 Å². The molecule has 82 valence electrons. The Morgan fingerprint density at radius 1 is 0.941 bits per heavy atom. The summed E-state index contributed by atoms with van der Waals surface area (Å²) in [5.41, 5.74) is 6.57. The molecule has 0 amide bonds. The van der Waals surface area contributed by atoms with Crippen LogP contribution in [0.4, 0.5) is 5.82 Å². The largest absolute Gasteiger partial charge is 0.382 e. The molecule has 0 aliphatic rings. The normalized spacial score (nSPS) is 10.6. The predicted octanol–water partition coefficient (Wildman–Crippen LogP) is 2.27. The van der Waals surface area contributed by atoms with E-state index in [2.05, 4.69) is 27.3 Å². The van der Waals surface area contributed by atoms with Crippen molar-refractivity contribution in [1.29, 1.82) is 0 Å². The first kappa shape index (κ1) is 9.72. The van der Waals surface area contributed by atoms with Gasteiger partial charge in [0.1, 0.15) is 5.82 Å². The monoisotopic (exact) mass is 222 g/mol. The van der Waals surface area contributed by atoms with Crippen molar-refractivity contribution < 1.29 is 0 Å². The first-order chi connectivity index (χ1) is 8.34. The fraction of sp³-hybridized carbons (Fsp3) is 0. The molecule has 17 heavy (non-hydrogen) atoms. The van der Waals surface area contributed by atoms with Crippen LogP contribution in [0.3, 0.4) is 0 Å². The number of nitrogens with zero attached hydrogens (tertiary/aromatic N) is 3. The van der Waals surface area contributed by atoms with E-state index in [4.69, 9.17) is 5.73 Å². The number of nitrogen functional groups attached to an aromatic ring is 1. The molecule has 2 N–H and O–H groups in total. The maximum absolute atomic E-state index is 5.63. The minimum Gasteiger partial charge on any atom is -0.382 e. The molecular weight excluding hydrogens is 212 g/mol. The topological polar surface area (TPSA) is 64.7 Å². The maximum atomic E-state index is 5.63. The summed E-state index contributed by atoms with van der Waals surface area (Å²) < 4.78 is 0. The summed E-state index contributed by atoms with van der Waals surface area (Å²) in [6.07, 6.45) is 1.44. The molecule has 0 fully saturated rings. The van der Waals surface area contributed by atoms with E-state index in [1.807, 2.05) is 30.3 Å². The van der Waals surface area contributed by atoms with E-state index >= 15 is 0 Å². The van der Waals surface area contributed by atoms with Crippen molar-refractivity contribution in [3.63, 3.8) is 0 Å². The highest BCUT2D eigenvalue weighted by atomic mass is 15.2. The van der Waals surface area contributed by atoms with E-state index in [1.165, 1.54) is 6.20 Å². The highest BCUT2D eigenvalue weighted by Gasteiger charge is 2.06. The van der Waals surface area contributed by atoms with Gasteiger partial charge in [-0.1, -0.05) is 42.5 Å². The molecule has 1 aromatic heterocycles. The van der Waals surface area contributed by atoms with Crippen LogP contribution in [-0.4, -0.2) is 15.2 Å². The van der Waals surface area contributed by atoms with Crippen LogP contribution in [0.15, 0.2) is 48.7 Å². The number of anilines is 1. The van der Waals surface area contributed by atoms with Crippen LogP contribution in [-0.2, 0) is 0 Å². The molecule has 4 nitrogen and oxygen atoms in total. The summed E-state index contributed by atoms with van der Waals surface area (Å²) in [6.45, 7) is 0. The molecule has 0 aliphatic heterocycles. The standard InChI is InChI=1S/C13H10N4/c14-12-8-15-17-13(16-12)11-7-3-5-9-4-1-2-6-10(9)11/h1-8H,(H2,14,16,17). The van der Waals surface area contributed by atoms with Gasteiger partial charge in [-0.2, -0.15) is 5.10 Å².